The van der Waals surface area contributed by atoms with Gasteiger partial charge >= 0.3 is 0 Å². The number of carbonyl (C=O) groups is 1. The first kappa shape index (κ1) is 45.0. The fourth-order valence-electron chi connectivity index (χ4n) is 8.37. The summed E-state index contributed by atoms with van der Waals surface area (Å²) >= 11 is 0. The number of nitrogens with zero attached hydrogens (tertiary/aromatic N) is 4. The Bertz CT molecular complexity index is 1990. The Morgan fingerprint density at radius 3 is 2.41 bits per heavy atom. The average molecular weight is 797 g/mol. The third-order valence-corrected chi connectivity index (χ3v) is 12.1. The van der Waals surface area contributed by atoms with E-state index in [1.165, 1.54) is 34.2 Å². The maximum atomic E-state index is 9.45. The summed E-state index contributed by atoms with van der Waals surface area (Å²) in [4.78, 5) is 27.2. The minimum absolute atomic E-state index is 0.0400. The van der Waals surface area contributed by atoms with Crippen LogP contribution in [0.3, 0.4) is 0 Å². The predicted molar refractivity (Wildman–Crippen MR) is 247 cm³/mol. The van der Waals surface area contributed by atoms with Crippen LogP contribution in [0, 0.1) is 12.8 Å². The SMILES string of the molecule is C=N/C=C(\NCCC(c1ccccc1C)C(C)(C)NC)C1C=CC(c2ccc(-c3cnc(C4CCCN4CC(c4ccccc4)N(C)C)[nH]3)cc2)=CC1.CCCNC=O. The maximum absolute atomic E-state index is 9.45. The number of hydrogen-bond acceptors (Lipinski definition) is 7. The van der Waals surface area contributed by atoms with Crippen molar-refractivity contribution in [2.45, 2.75) is 83.3 Å². The number of aromatic amines is 1. The Morgan fingerprint density at radius 2 is 1.78 bits per heavy atom. The lowest BCUT2D eigenvalue weighted by molar-refractivity contribution is -0.109. The molecule has 0 radical (unpaired) electrons. The molecule has 4 N–H and O–H groups in total. The van der Waals surface area contributed by atoms with Gasteiger partial charge in [-0.05, 0) is 121 Å². The summed E-state index contributed by atoms with van der Waals surface area (Å²) in [5.41, 5.74) is 9.86. The van der Waals surface area contributed by atoms with Crippen molar-refractivity contribution in [2.75, 3.05) is 47.3 Å². The number of hydrogen-bond donors (Lipinski definition) is 4. The van der Waals surface area contributed by atoms with Crippen molar-refractivity contribution in [3.05, 3.63) is 143 Å². The average Bonchev–Trinajstić information content (AvgIpc) is 3.94. The second-order valence-electron chi connectivity index (χ2n) is 16.6. The number of amides is 1. The summed E-state index contributed by atoms with van der Waals surface area (Å²) in [6, 6.07) is 29.1. The van der Waals surface area contributed by atoms with E-state index in [-0.39, 0.29) is 11.5 Å². The van der Waals surface area contributed by atoms with Crippen molar-refractivity contribution in [1.29, 1.82) is 0 Å². The first-order chi connectivity index (χ1) is 28.6. The van der Waals surface area contributed by atoms with Crippen molar-refractivity contribution in [3.63, 3.8) is 0 Å². The van der Waals surface area contributed by atoms with E-state index in [4.69, 9.17) is 4.98 Å². The molecule has 1 aliphatic heterocycles. The molecule has 1 fully saturated rings. The molecule has 6 rings (SSSR count). The largest absolute Gasteiger partial charge is 0.387 e. The molecule has 1 amide bonds. The quantitative estimate of drug-likeness (QED) is 0.0429. The van der Waals surface area contributed by atoms with Crippen molar-refractivity contribution in [3.8, 4) is 11.3 Å². The highest BCUT2D eigenvalue weighted by atomic mass is 16.1. The number of aliphatic imine (C=N–C) groups is 1. The molecule has 1 aromatic heterocycles. The number of aryl methyl sites for hydroxylation is 1. The lowest BCUT2D eigenvalue weighted by Crippen LogP contribution is -2.43. The third-order valence-electron chi connectivity index (χ3n) is 12.1. The second kappa shape index (κ2) is 22.3. The van der Waals surface area contributed by atoms with Crippen LogP contribution in [0.15, 0.2) is 120 Å². The topological polar surface area (TPSA) is 101 Å². The summed E-state index contributed by atoms with van der Waals surface area (Å²) < 4.78 is 0. The molecule has 4 atom stereocenters. The molecular formula is C50H68N8O. The van der Waals surface area contributed by atoms with Crippen LogP contribution >= 0.6 is 0 Å². The van der Waals surface area contributed by atoms with E-state index >= 15 is 0 Å². The lowest BCUT2D eigenvalue weighted by atomic mass is 9.78. The van der Waals surface area contributed by atoms with Crippen molar-refractivity contribution in [1.82, 2.24) is 35.7 Å². The fraction of sp³-hybridized carbons (Fsp3) is 0.420. The molecule has 0 spiro atoms. The van der Waals surface area contributed by atoms with Gasteiger partial charge < -0.3 is 25.8 Å². The van der Waals surface area contributed by atoms with Gasteiger partial charge in [-0.15, -0.1) is 0 Å². The van der Waals surface area contributed by atoms with Crippen molar-refractivity contribution < 1.29 is 4.79 Å². The molecule has 3 aromatic carbocycles. The number of likely N-dealkylation sites (tertiary alicyclic amines) is 1. The molecule has 0 bridgehead atoms. The number of benzene rings is 3. The van der Waals surface area contributed by atoms with E-state index in [2.05, 4.69) is 181 Å². The van der Waals surface area contributed by atoms with Crippen LogP contribution in [0.2, 0.25) is 0 Å². The monoisotopic (exact) mass is 797 g/mol. The fourth-order valence-corrected chi connectivity index (χ4v) is 8.37. The van der Waals surface area contributed by atoms with Crippen LogP contribution < -0.4 is 16.0 Å². The Hall–Kier alpha value is -5.09. The number of allylic oxidation sites excluding steroid dienone is 4. The van der Waals surface area contributed by atoms with Gasteiger partial charge in [0.05, 0.1) is 17.9 Å². The van der Waals surface area contributed by atoms with E-state index in [0.29, 0.717) is 24.4 Å². The summed E-state index contributed by atoms with van der Waals surface area (Å²) in [7, 11) is 6.41. The van der Waals surface area contributed by atoms with Gasteiger partial charge in [-0.25, -0.2) is 4.98 Å². The first-order valence-corrected chi connectivity index (χ1v) is 21.4. The molecule has 59 heavy (non-hydrogen) atoms. The summed E-state index contributed by atoms with van der Waals surface area (Å²) in [6.45, 7) is 16.3. The number of rotatable bonds is 19. The van der Waals surface area contributed by atoms with E-state index in [0.717, 1.165) is 74.6 Å². The Morgan fingerprint density at radius 1 is 1.05 bits per heavy atom. The van der Waals surface area contributed by atoms with Gasteiger partial charge in [0.25, 0.3) is 0 Å². The Labute approximate surface area is 354 Å². The molecule has 4 aromatic rings. The Balaban J connectivity index is 0.00000102. The van der Waals surface area contributed by atoms with Crippen LogP contribution in [0.25, 0.3) is 16.8 Å². The van der Waals surface area contributed by atoms with Gasteiger partial charge in [-0.3, -0.25) is 14.7 Å². The number of aromatic nitrogens is 2. The molecule has 314 valence electrons. The summed E-state index contributed by atoms with van der Waals surface area (Å²) in [5, 5.41) is 9.81. The van der Waals surface area contributed by atoms with Gasteiger partial charge in [0.1, 0.15) is 5.82 Å². The highest BCUT2D eigenvalue weighted by molar-refractivity contribution is 5.76. The highest BCUT2D eigenvalue weighted by Gasteiger charge is 2.32. The molecular weight excluding hydrogens is 729 g/mol. The van der Waals surface area contributed by atoms with E-state index < -0.39 is 0 Å². The molecule has 9 heteroatoms. The smallest absolute Gasteiger partial charge is 0.207 e. The van der Waals surface area contributed by atoms with Crippen LogP contribution in [0.1, 0.15) is 99.0 Å². The minimum atomic E-state index is -0.0400. The van der Waals surface area contributed by atoms with Gasteiger partial charge in [0, 0.05) is 54.9 Å². The molecule has 0 saturated carbocycles. The molecule has 4 unspecified atom stereocenters. The van der Waals surface area contributed by atoms with E-state index in [1.54, 1.807) is 0 Å². The van der Waals surface area contributed by atoms with E-state index in [9.17, 15) is 4.79 Å². The van der Waals surface area contributed by atoms with Crippen LogP contribution in [-0.2, 0) is 4.79 Å². The lowest BCUT2D eigenvalue weighted by Gasteiger charge is -2.36. The normalized spacial score (nSPS) is 18.1. The molecule has 9 nitrogen and oxygen atoms in total. The molecule has 2 aliphatic rings. The van der Waals surface area contributed by atoms with Crippen LogP contribution in [0.4, 0.5) is 0 Å². The number of H-pyrrole nitrogens is 1. The summed E-state index contributed by atoms with van der Waals surface area (Å²) in [5.74, 6) is 1.66. The van der Waals surface area contributed by atoms with Gasteiger partial charge in [0.2, 0.25) is 6.41 Å². The molecule has 1 aliphatic carbocycles. The van der Waals surface area contributed by atoms with Gasteiger partial charge in [-0.2, -0.15) is 0 Å². The van der Waals surface area contributed by atoms with Gasteiger partial charge in [0.15, 0.2) is 0 Å². The zero-order valence-corrected chi connectivity index (χ0v) is 36.5. The third kappa shape index (κ3) is 12.2. The van der Waals surface area contributed by atoms with Crippen LogP contribution in [-0.4, -0.2) is 85.8 Å². The first-order valence-electron chi connectivity index (χ1n) is 21.4. The zero-order chi connectivity index (χ0) is 42.2. The zero-order valence-electron chi connectivity index (χ0n) is 36.5. The van der Waals surface area contributed by atoms with Crippen LogP contribution in [0.5, 0.6) is 0 Å². The van der Waals surface area contributed by atoms with Crippen molar-refractivity contribution >= 4 is 18.7 Å². The Kier molecular flexibility index (Phi) is 17.0. The van der Waals surface area contributed by atoms with E-state index in [1.807, 2.05) is 19.3 Å². The number of imidazole rings is 1. The predicted octanol–water partition coefficient (Wildman–Crippen LogP) is 9.23. The summed E-state index contributed by atoms with van der Waals surface area (Å²) in [6.07, 6.45) is 16.7. The number of carbonyl (C=O) groups excluding carboxylic acids is 1. The highest BCUT2D eigenvalue weighted by Crippen LogP contribution is 2.36. The standard InChI is InChI=1S/C46H59N7.C4H9NO/c1-33-14-11-12-17-39(33)40(46(2,3)48-5)27-28-49-41(30-47-4)36-23-19-34(20-24-36)35-21-25-37(26-22-35)42-31-50-45(51-42)43-18-13-29-53(43)32-44(52(6)7)38-15-9-8-10-16-38;1-2-3-5-4-6/h8-12,14-17,19-23,25-26,30-31,36,40,43-44,48-49H,4,13,18,24,27-29,32H2,1-3,5-7H3,(H,50,51);4H,2-3H2,1H3,(H,5,6)/b41-30-;. The maximum Gasteiger partial charge on any atom is 0.207 e. The second-order valence-corrected chi connectivity index (χ2v) is 16.6. The minimum Gasteiger partial charge on any atom is -0.387 e. The van der Waals surface area contributed by atoms with Gasteiger partial charge in [-0.1, -0.05) is 104 Å². The van der Waals surface area contributed by atoms with Crippen molar-refractivity contribution in [2.24, 2.45) is 10.9 Å². The molecule has 1 saturated heterocycles. The number of likely N-dealkylation sites (N-methyl/N-ethyl adjacent to an activating group) is 2. The number of nitrogens with one attached hydrogen (secondary N) is 4. The molecule has 2 heterocycles.